The van der Waals surface area contributed by atoms with Gasteiger partial charge in [-0.1, -0.05) is 0 Å². The molecule has 1 fully saturated rings. The zero-order valence-electron chi connectivity index (χ0n) is 11.5. The molecule has 2 rings (SSSR count). The normalized spacial score (nSPS) is 21.3. The number of halogens is 4. The number of alkyl halides is 3. The standard InChI is InChI=1S/C12H14BF4NO2/c1-10(2)11(3,4)20-13(19-10)8-6-18-5-7(9(8)14)12(15,16)17/h5-6H,1-4H3. The largest absolute Gasteiger partial charge is 0.499 e. The van der Waals surface area contributed by atoms with Gasteiger partial charge in [-0.3, -0.25) is 4.98 Å². The average Bonchev–Trinajstić information content (AvgIpc) is 2.46. The maximum atomic E-state index is 14.0. The Morgan fingerprint density at radius 1 is 1.05 bits per heavy atom. The fourth-order valence-corrected chi connectivity index (χ4v) is 1.79. The predicted octanol–water partition coefficient (Wildman–Crippen LogP) is 2.54. The maximum absolute atomic E-state index is 14.0. The summed E-state index contributed by atoms with van der Waals surface area (Å²) < 4.78 is 63.0. The zero-order valence-corrected chi connectivity index (χ0v) is 11.5. The van der Waals surface area contributed by atoms with Gasteiger partial charge in [-0.15, -0.1) is 0 Å². The summed E-state index contributed by atoms with van der Waals surface area (Å²) in [5.41, 5.74) is -3.31. The van der Waals surface area contributed by atoms with Gasteiger partial charge in [0.05, 0.1) is 11.2 Å². The van der Waals surface area contributed by atoms with Crippen molar-refractivity contribution in [2.45, 2.75) is 45.1 Å². The second-order valence-electron chi connectivity index (χ2n) is 5.68. The van der Waals surface area contributed by atoms with Gasteiger partial charge in [0.15, 0.2) is 0 Å². The molecule has 1 aromatic heterocycles. The van der Waals surface area contributed by atoms with Crippen molar-refractivity contribution < 1.29 is 26.9 Å². The van der Waals surface area contributed by atoms with Crippen LogP contribution < -0.4 is 5.46 Å². The highest BCUT2D eigenvalue weighted by molar-refractivity contribution is 6.62. The summed E-state index contributed by atoms with van der Waals surface area (Å²) in [5.74, 6) is -1.41. The lowest BCUT2D eigenvalue weighted by Crippen LogP contribution is -2.41. The molecule has 0 aliphatic carbocycles. The van der Waals surface area contributed by atoms with Crippen molar-refractivity contribution in [2.75, 3.05) is 0 Å². The Morgan fingerprint density at radius 3 is 2.00 bits per heavy atom. The van der Waals surface area contributed by atoms with Crippen molar-refractivity contribution in [1.29, 1.82) is 0 Å². The maximum Gasteiger partial charge on any atom is 0.499 e. The first kappa shape index (κ1) is 15.2. The highest BCUT2D eigenvalue weighted by Gasteiger charge is 2.53. The van der Waals surface area contributed by atoms with Crippen molar-refractivity contribution in [1.82, 2.24) is 4.98 Å². The molecule has 0 N–H and O–H groups in total. The average molecular weight is 291 g/mol. The van der Waals surface area contributed by atoms with E-state index in [9.17, 15) is 17.6 Å². The lowest BCUT2D eigenvalue weighted by atomic mass is 9.79. The summed E-state index contributed by atoms with van der Waals surface area (Å²) in [6.45, 7) is 6.91. The van der Waals surface area contributed by atoms with Crippen LogP contribution in [0.2, 0.25) is 0 Å². The van der Waals surface area contributed by atoms with Crippen molar-refractivity contribution in [3.63, 3.8) is 0 Å². The van der Waals surface area contributed by atoms with E-state index in [2.05, 4.69) is 4.98 Å². The van der Waals surface area contributed by atoms with Crippen LogP contribution in [0.25, 0.3) is 0 Å². The number of pyridine rings is 1. The van der Waals surface area contributed by atoms with E-state index in [1.165, 1.54) is 0 Å². The van der Waals surface area contributed by atoms with Gasteiger partial charge >= 0.3 is 13.3 Å². The molecular weight excluding hydrogens is 277 g/mol. The summed E-state index contributed by atoms with van der Waals surface area (Å²) in [4.78, 5) is 3.43. The molecular formula is C12H14BF4NO2. The van der Waals surface area contributed by atoms with E-state index >= 15 is 0 Å². The molecule has 0 spiro atoms. The van der Waals surface area contributed by atoms with E-state index in [4.69, 9.17) is 9.31 Å². The minimum absolute atomic E-state index is 0.349. The molecule has 0 aromatic carbocycles. The predicted molar refractivity (Wildman–Crippen MR) is 64.9 cm³/mol. The second-order valence-corrected chi connectivity index (χ2v) is 5.68. The Morgan fingerprint density at radius 2 is 1.55 bits per heavy atom. The fraction of sp³-hybridized carbons (Fsp3) is 0.583. The van der Waals surface area contributed by atoms with Crippen molar-refractivity contribution in [3.05, 3.63) is 23.8 Å². The number of hydrogen-bond acceptors (Lipinski definition) is 3. The lowest BCUT2D eigenvalue weighted by Gasteiger charge is -2.32. The molecule has 20 heavy (non-hydrogen) atoms. The number of aromatic nitrogens is 1. The van der Waals surface area contributed by atoms with Crippen LogP contribution in [-0.2, 0) is 15.5 Å². The SMILES string of the molecule is CC1(C)OB(c2cncc(C(F)(F)F)c2F)OC1(C)C. The van der Waals surface area contributed by atoms with Crippen LogP contribution >= 0.6 is 0 Å². The van der Waals surface area contributed by atoms with Crippen LogP contribution in [0.1, 0.15) is 33.3 Å². The molecule has 0 bridgehead atoms. The van der Waals surface area contributed by atoms with Crippen LogP contribution in [0.3, 0.4) is 0 Å². The highest BCUT2D eigenvalue weighted by Crippen LogP contribution is 2.37. The Bertz CT molecular complexity index is 515. The third kappa shape index (κ3) is 2.42. The second kappa shape index (κ2) is 4.43. The summed E-state index contributed by atoms with van der Waals surface area (Å²) >= 11 is 0. The Labute approximate surface area is 114 Å². The minimum atomic E-state index is -4.81. The van der Waals surface area contributed by atoms with Gasteiger partial charge in [-0.05, 0) is 27.7 Å². The van der Waals surface area contributed by atoms with Crippen LogP contribution in [0.15, 0.2) is 12.4 Å². The van der Waals surface area contributed by atoms with E-state index < -0.39 is 35.9 Å². The van der Waals surface area contributed by atoms with Gasteiger partial charge in [0, 0.05) is 17.9 Å². The summed E-state index contributed by atoms with van der Waals surface area (Å²) in [6, 6.07) is 0. The number of hydrogen-bond donors (Lipinski definition) is 0. The number of rotatable bonds is 1. The molecule has 8 heteroatoms. The molecule has 1 aromatic rings. The van der Waals surface area contributed by atoms with Gasteiger partial charge in [0.1, 0.15) is 11.4 Å². The van der Waals surface area contributed by atoms with E-state index in [1.54, 1.807) is 27.7 Å². The monoisotopic (exact) mass is 291 g/mol. The lowest BCUT2D eigenvalue weighted by molar-refractivity contribution is -0.140. The zero-order chi connectivity index (χ0) is 15.3. The molecule has 0 amide bonds. The topological polar surface area (TPSA) is 31.4 Å². The first-order valence-electron chi connectivity index (χ1n) is 6.02. The molecule has 1 saturated heterocycles. The van der Waals surface area contributed by atoms with E-state index in [1.807, 2.05) is 0 Å². The molecule has 3 nitrogen and oxygen atoms in total. The van der Waals surface area contributed by atoms with Gasteiger partial charge in [-0.2, -0.15) is 13.2 Å². The minimum Gasteiger partial charge on any atom is -0.399 e. The van der Waals surface area contributed by atoms with Gasteiger partial charge in [0.25, 0.3) is 0 Å². The van der Waals surface area contributed by atoms with Gasteiger partial charge < -0.3 is 9.31 Å². The Hall–Kier alpha value is -1.15. The third-order valence-electron chi connectivity index (χ3n) is 3.72. The van der Waals surface area contributed by atoms with E-state index in [0.717, 1.165) is 6.20 Å². The van der Waals surface area contributed by atoms with Crippen LogP contribution in [0, 0.1) is 5.82 Å². The van der Waals surface area contributed by atoms with E-state index in [0.29, 0.717) is 6.20 Å². The quantitative estimate of drug-likeness (QED) is 0.588. The molecule has 2 heterocycles. The summed E-state index contributed by atoms with van der Waals surface area (Å²) in [6.07, 6.45) is -3.37. The van der Waals surface area contributed by atoms with E-state index in [-0.39, 0.29) is 5.46 Å². The summed E-state index contributed by atoms with van der Waals surface area (Å²) in [7, 11) is -1.21. The van der Waals surface area contributed by atoms with Crippen LogP contribution in [0.5, 0.6) is 0 Å². The molecule has 1 aliphatic heterocycles. The van der Waals surface area contributed by atoms with Crippen LogP contribution in [-0.4, -0.2) is 23.3 Å². The van der Waals surface area contributed by atoms with Crippen molar-refractivity contribution in [3.8, 4) is 0 Å². The summed E-state index contributed by atoms with van der Waals surface area (Å²) in [5, 5.41) is 0. The third-order valence-corrected chi connectivity index (χ3v) is 3.72. The Kier molecular flexibility index (Phi) is 3.37. The molecule has 0 unspecified atom stereocenters. The molecule has 110 valence electrons. The Balaban J connectivity index is 2.42. The molecule has 0 atom stereocenters. The van der Waals surface area contributed by atoms with Crippen molar-refractivity contribution >= 4 is 12.6 Å². The first-order chi connectivity index (χ1) is 8.96. The van der Waals surface area contributed by atoms with Gasteiger partial charge in [-0.25, -0.2) is 4.39 Å². The fourth-order valence-electron chi connectivity index (χ4n) is 1.79. The first-order valence-corrected chi connectivity index (χ1v) is 6.02. The molecule has 0 saturated carbocycles. The molecule has 1 aliphatic rings. The van der Waals surface area contributed by atoms with Crippen molar-refractivity contribution in [2.24, 2.45) is 0 Å². The highest BCUT2D eigenvalue weighted by atomic mass is 19.4. The van der Waals surface area contributed by atoms with Crippen LogP contribution in [0.4, 0.5) is 17.6 Å². The smallest absolute Gasteiger partial charge is 0.399 e. The number of nitrogens with zero attached hydrogens (tertiary/aromatic N) is 1. The molecule has 0 radical (unpaired) electrons. The van der Waals surface area contributed by atoms with Gasteiger partial charge in [0.2, 0.25) is 0 Å².